The number of hydrogen-bond acceptors (Lipinski definition) is 4. The number of aromatic nitrogens is 2. The molecule has 1 aromatic rings. The van der Waals surface area contributed by atoms with E-state index in [1.165, 1.54) is 19.3 Å². The first-order valence-corrected chi connectivity index (χ1v) is 6.62. The molecule has 1 aliphatic rings. The molecule has 1 fully saturated rings. The molecule has 1 unspecified atom stereocenters. The number of rotatable bonds is 4. The van der Waals surface area contributed by atoms with Crippen molar-refractivity contribution in [1.29, 1.82) is 0 Å². The van der Waals surface area contributed by atoms with Gasteiger partial charge in [-0.2, -0.15) is 0 Å². The molecule has 4 nitrogen and oxygen atoms in total. The van der Waals surface area contributed by atoms with E-state index < -0.39 is 0 Å². The highest BCUT2D eigenvalue weighted by molar-refractivity contribution is 5.30. The van der Waals surface area contributed by atoms with Gasteiger partial charge in [0.15, 0.2) is 0 Å². The molecule has 0 bridgehead atoms. The molecule has 0 aromatic carbocycles. The summed E-state index contributed by atoms with van der Waals surface area (Å²) in [6.07, 6.45) is 7.53. The zero-order valence-electron chi connectivity index (χ0n) is 10.6. The summed E-state index contributed by atoms with van der Waals surface area (Å²) in [5.41, 5.74) is 7.02. The predicted octanol–water partition coefficient (Wildman–Crippen LogP) is 1.75. The molecule has 94 valence electrons. The van der Waals surface area contributed by atoms with Gasteiger partial charge in [-0.1, -0.05) is 6.92 Å². The second-order valence-corrected chi connectivity index (χ2v) is 4.77. The fourth-order valence-corrected chi connectivity index (χ4v) is 2.16. The van der Waals surface area contributed by atoms with Crippen LogP contribution in [0.4, 0.5) is 5.95 Å². The van der Waals surface area contributed by atoms with Crippen LogP contribution in [0.15, 0.2) is 12.3 Å². The van der Waals surface area contributed by atoms with Gasteiger partial charge in [-0.05, 0) is 31.7 Å². The molecule has 1 aromatic heterocycles. The lowest BCUT2D eigenvalue weighted by Crippen LogP contribution is -2.31. The van der Waals surface area contributed by atoms with E-state index in [0.29, 0.717) is 0 Å². The van der Waals surface area contributed by atoms with Crippen LogP contribution in [0.5, 0.6) is 0 Å². The van der Waals surface area contributed by atoms with E-state index >= 15 is 0 Å². The van der Waals surface area contributed by atoms with Crippen LogP contribution in [0.25, 0.3) is 0 Å². The van der Waals surface area contributed by atoms with Gasteiger partial charge in [0.05, 0.1) is 0 Å². The van der Waals surface area contributed by atoms with E-state index in [4.69, 9.17) is 5.73 Å². The van der Waals surface area contributed by atoms with Crippen molar-refractivity contribution in [2.75, 3.05) is 18.0 Å². The van der Waals surface area contributed by atoms with Gasteiger partial charge in [-0.25, -0.2) is 9.97 Å². The minimum absolute atomic E-state index is 0.208. The smallest absolute Gasteiger partial charge is 0.225 e. The molecule has 0 saturated carbocycles. The van der Waals surface area contributed by atoms with Crippen LogP contribution < -0.4 is 10.6 Å². The lowest BCUT2D eigenvalue weighted by Gasteiger charge is -2.26. The number of piperidine rings is 1. The van der Waals surface area contributed by atoms with Gasteiger partial charge in [0.1, 0.15) is 0 Å². The normalized spacial score (nSPS) is 18.1. The standard InChI is InChI=1S/C13H22N4/c1-2-11(14)10-12-6-7-15-13(16-12)17-8-4-3-5-9-17/h6-7,11H,2-5,8-10,14H2,1H3. The first-order chi connectivity index (χ1) is 8.29. The van der Waals surface area contributed by atoms with Crippen LogP contribution in [0.1, 0.15) is 38.3 Å². The molecule has 0 amide bonds. The first-order valence-electron chi connectivity index (χ1n) is 6.62. The molecule has 0 aliphatic carbocycles. The van der Waals surface area contributed by atoms with Crippen LogP contribution in [0.2, 0.25) is 0 Å². The van der Waals surface area contributed by atoms with Gasteiger partial charge in [-0.15, -0.1) is 0 Å². The number of nitrogens with two attached hydrogens (primary N) is 1. The molecule has 2 N–H and O–H groups in total. The lowest BCUT2D eigenvalue weighted by molar-refractivity contribution is 0.565. The van der Waals surface area contributed by atoms with E-state index in [0.717, 1.165) is 37.6 Å². The highest BCUT2D eigenvalue weighted by atomic mass is 15.2. The monoisotopic (exact) mass is 234 g/mol. The molecule has 4 heteroatoms. The summed E-state index contributed by atoms with van der Waals surface area (Å²) < 4.78 is 0. The van der Waals surface area contributed by atoms with E-state index in [9.17, 15) is 0 Å². The molecule has 0 spiro atoms. The van der Waals surface area contributed by atoms with Gasteiger partial charge >= 0.3 is 0 Å². The van der Waals surface area contributed by atoms with Gasteiger partial charge in [0.25, 0.3) is 0 Å². The van der Waals surface area contributed by atoms with Gasteiger partial charge in [0.2, 0.25) is 5.95 Å². The quantitative estimate of drug-likeness (QED) is 0.862. The fraction of sp³-hybridized carbons (Fsp3) is 0.692. The number of nitrogens with zero attached hydrogens (tertiary/aromatic N) is 3. The third-order valence-electron chi connectivity index (χ3n) is 3.34. The Kier molecular flexibility index (Phi) is 4.31. The highest BCUT2D eigenvalue weighted by Gasteiger charge is 2.14. The van der Waals surface area contributed by atoms with Crippen LogP contribution >= 0.6 is 0 Å². The van der Waals surface area contributed by atoms with E-state index in [2.05, 4.69) is 21.8 Å². The second kappa shape index (κ2) is 5.96. The van der Waals surface area contributed by atoms with Gasteiger partial charge in [-0.3, -0.25) is 0 Å². The fourth-order valence-electron chi connectivity index (χ4n) is 2.16. The lowest BCUT2D eigenvalue weighted by atomic mass is 10.1. The van der Waals surface area contributed by atoms with E-state index in [-0.39, 0.29) is 6.04 Å². The van der Waals surface area contributed by atoms with Crippen molar-refractivity contribution >= 4 is 5.95 Å². The Labute approximate surface area is 103 Å². The van der Waals surface area contributed by atoms with Crippen molar-refractivity contribution in [1.82, 2.24) is 9.97 Å². The van der Waals surface area contributed by atoms with Crippen molar-refractivity contribution in [3.8, 4) is 0 Å². The zero-order chi connectivity index (χ0) is 12.1. The van der Waals surface area contributed by atoms with Crippen molar-refractivity contribution in [3.05, 3.63) is 18.0 Å². The Hall–Kier alpha value is -1.16. The molecular weight excluding hydrogens is 212 g/mol. The highest BCUT2D eigenvalue weighted by Crippen LogP contribution is 2.15. The molecule has 1 saturated heterocycles. The van der Waals surface area contributed by atoms with Gasteiger partial charge in [0, 0.05) is 37.4 Å². The summed E-state index contributed by atoms with van der Waals surface area (Å²) in [5.74, 6) is 0.880. The molecular formula is C13H22N4. The maximum atomic E-state index is 5.96. The molecule has 1 aliphatic heterocycles. The summed E-state index contributed by atoms with van der Waals surface area (Å²) in [4.78, 5) is 11.3. The minimum atomic E-state index is 0.208. The maximum Gasteiger partial charge on any atom is 0.225 e. The second-order valence-electron chi connectivity index (χ2n) is 4.77. The Bertz CT molecular complexity index is 347. The average molecular weight is 234 g/mol. The van der Waals surface area contributed by atoms with Crippen LogP contribution in [-0.4, -0.2) is 29.1 Å². The summed E-state index contributed by atoms with van der Waals surface area (Å²) in [7, 11) is 0. The Morgan fingerprint density at radius 3 is 2.82 bits per heavy atom. The SMILES string of the molecule is CCC(N)Cc1ccnc(N2CCCCC2)n1. The predicted molar refractivity (Wildman–Crippen MR) is 70.1 cm³/mol. The van der Waals surface area contributed by atoms with Crippen molar-refractivity contribution in [2.45, 2.75) is 45.1 Å². The van der Waals surface area contributed by atoms with Crippen molar-refractivity contribution < 1.29 is 0 Å². The maximum absolute atomic E-state index is 5.96. The molecule has 17 heavy (non-hydrogen) atoms. The van der Waals surface area contributed by atoms with Crippen LogP contribution in [0, 0.1) is 0 Å². The zero-order valence-corrected chi connectivity index (χ0v) is 10.6. The largest absolute Gasteiger partial charge is 0.341 e. The van der Waals surface area contributed by atoms with Crippen molar-refractivity contribution in [2.24, 2.45) is 5.73 Å². The Morgan fingerprint density at radius 2 is 2.12 bits per heavy atom. The first kappa shape index (κ1) is 12.3. The minimum Gasteiger partial charge on any atom is -0.341 e. The number of anilines is 1. The van der Waals surface area contributed by atoms with Gasteiger partial charge < -0.3 is 10.6 Å². The summed E-state index contributed by atoms with van der Waals surface area (Å²) in [6.45, 7) is 4.28. The summed E-state index contributed by atoms with van der Waals surface area (Å²) >= 11 is 0. The molecule has 2 heterocycles. The summed E-state index contributed by atoms with van der Waals surface area (Å²) in [5, 5.41) is 0. The third-order valence-corrected chi connectivity index (χ3v) is 3.34. The number of hydrogen-bond donors (Lipinski definition) is 1. The third kappa shape index (κ3) is 3.40. The Morgan fingerprint density at radius 1 is 1.35 bits per heavy atom. The van der Waals surface area contributed by atoms with E-state index in [1.54, 1.807) is 0 Å². The molecule has 1 atom stereocenters. The van der Waals surface area contributed by atoms with Crippen LogP contribution in [-0.2, 0) is 6.42 Å². The summed E-state index contributed by atoms with van der Waals surface area (Å²) in [6, 6.07) is 2.18. The Balaban J connectivity index is 2.05. The molecule has 2 rings (SSSR count). The topological polar surface area (TPSA) is 55.0 Å². The average Bonchev–Trinajstić information content (AvgIpc) is 2.40. The van der Waals surface area contributed by atoms with Crippen LogP contribution in [0.3, 0.4) is 0 Å². The van der Waals surface area contributed by atoms with Crippen molar-refractivity contribution in [3.63, 3.8) is 0 Å². The van der Waals surface area contributed by atoms with E-state index in [1.807, 2.05) is 12.3 Å². The molecule has 0 radical (unpaired) electrons.